The molecule has 0 spiro atoms. The summed E-state index contributed by atoms with van der Waals surface area (Å²) < 4.78 is 12.6. The number of hydrogen-bond acceptors (Lipinski definition) is 9. The van der Waals surface area contributed by atoms with Crippen LogP contribution in [0.15, 0.2) is 82.7 Å². The van der Waals surface area contributed by atoms with Crippen LogP contribution in [0, 0.1) is 27.2 Å². The van der Waals surface area contributed by atoms with Gasteiger partial charge in [0.25, 0.3) is 11.2 Å². The predicted molar refractivity (Wildman–Crippen MR) is 175 cm³/mol. The number of rotatable bonds is 10. The first-order chi connectivity index (χ1) is 22.0. The molecule has 0 atom stereocenters. The second-order valence-electron chi connectivity index (χ2n) is 10.7. The fourth-order valence-electron chi connectivity index (χ4n) is 5.00. The summed E-state index contributed by atoms with van der Waals surface area (Å²) in [6.45, 7) is 5.70. The molecule has 1 aromatic heterocycles. The van der Waals surface area contributed by atoms with Gasteiger partial charge in [-0.1, -0.05) is 49.7 Å². The number of non-ortho nitro benzene ring substituents is 1. The second-order valence-corrected chi connectivity index (χ2v) is 11.1. The van der Waals surface area contributed by atoms with Crippen molar-refractivity contribution in [2.45, 2.75) is 33.3 Å². The van der Waals surface area contributed by atoms with Crippen LogP contribution in [0.4, 0.5) is 11.4 Å². The van der Waals surface area contributed by atoms with Crippen molar-refractivity contribution in [3.8, 4) is 22.9 Å². The van der Waals surface area contributed by atoms with E-state index in [1.807, 2.05) is 32.9 Å². The number of hydrogen-bond donors (Lipinski definition) is 0. The Balaban J connectivity index is 1.68. The summed E-state index contributed by atoms with van der Waals surface area (Å²) >= 11 is 6.26. The molecule has 4 aromatic carbocycles. The number of nitrogens with zero attached hydrogens (tertiary/aromatic N) is 5. The van der Waals surface area contributed by atoms with E-state index in [0.717, 1.165) is 21.9 Å². The third-order valence-corrected chi connectivity index (χ3v) is 7.49. The van der Waals surface area contributed by atoms with Gasteiger partial charge < -0.3 is 9.47 Å². The van der Waals surface area contributed by atoms with Crippen molar-refractivity contribution in [3.05, 3.63) is 131 Å². The van der Waals surface area contributed by atoms with Crippen molar-refractivity contribution in [2.24, 2.45) is 5.10 Å². The predicted octanol–water partition coefficient (Wildman–Crippen LogP) is 7.43. The number of fused-ring (bicyclic) bond motifs is 1. The summed E-state index contributed by atoms with van der Waals surface area (Å²) in [5.74, 6) is 0.857. The molecule has 0 unspecified atom stereocenters. The zero-order valence-electron chi connectivity index (χ0n) is 25.3. The molecule has 234 valence electrons. The van der Waals surface area contributed by atoms with Crippen molar-refractivity contribution < 1.29 is 19.3 Å². The Labute approximate surface area is 267 Å². The summed E-state index contributed by atoms with van der Waals surface area (Å²) in [4.78, 5) is 40.7. The lowest BCUT2D eigenvalue weighted by molar-refractivity contribution is -0.386. The molecular weight excluding hydrogens is 614 g/mol. The highest BCUT2D eigenvalue weighted by Crippen LogP contribution is 2.36. The Kier molecular flexibility index (Phi) is 9.10. The van der Waals surface area contributed by atoms with E-state index in [4.69, 9.17) is 26.1 Å². The van der Waals surface area contributed by atoms with E-state index in [2.05, 4.69) is 5.10 Å². The molecule has 5 rings (SSSR count). The number of nitro groups is 2. The molecule has 0 fully saturated rings. The van der Waals surface area contributed by atoms with Crippen LogP contribution in [0.25, 0.3) is 22.3 Å². The minimum absolute atomic E-state index is 0.0348. The third-order valence-electron chi connectivity index (χ3n) is 7.27. The molecule has 0 amide bonds. The topological polar surface area (TPSA) is 152 Å². The molecule has 5 aromatic rings. The lowest BCUT2D eigenvalue weighted by Gasteiger charge is -2.17. The number of aromatic nitrogens is 2. The zero-order valence-corrected chi connectivity index (χ0v) is 26.0. The molecule has 0 saturated carbocycles. The van der Waals surface area contributed by atoms with Crippen LogP contribution in [0.2, 0.25) is 5.02 Å². The van der Waals surface area contributed by atoms with E-state index in [0.29, 0.717) is 27.8 Å². The largest absolute Gasteiger partial charge is 0.496 e. The normalized spacial score (nSPS) is 11.3. The maximum Gasteiger partial charge on any atom is 0.313 e. The highest BCUT2D eigenvalue weighted by molar-refractivity contribution is 6.31. The molecule has 12 nitrogen and oxygen atoms in total. The van der Waals surface area contributed by atoms with Crippen molar-refractivity contribution in [3.63, 3.8) is 0 Å². The monoisotopic (exact) mass is 641 g/mol. The Morgan fingerprint density at radius 3 is 2.48 bits per heavy atom. The van der Waals surface area contributed by atoms with Gasteiger partial charge in [0, 0.05) is 34.3 Å². The third kappa shape index (κ3) is 6.42. The quantitative estimate of drug-likeness (QED) is 0.0866. The summed E-state index contributed by atoms with van der Waals surface area (Å²) in [5, 5.41) is 28.1. The first-order valence-corrected chi connectivity index (χ1v) is 14.5. The van der Waals surface area contributed by atoms with Gasteiger partial charge in [-0.05, 0) is 59.9 Å². The van der Waals surface area contributed by atoms with Crippen molar-refractivity contribution in [2.75, 3.05) is 7.11 Å². The van der Waals surface area contributed by atoms with Gasteiger partial charge in [0.05, 0.1) is 34.1 Å². The smallest absolute Gasteiger partial charge is 0.313 e. The summed E-state index contributed by atoms with van der Waals surface area (Å²) in [6, 6.07) is 18.9. The summed E-state index contributed by atoms with van der Waals surface area (Å²) in [7, 11) is 1.59. The van der Waals surface area contributed by atoms with E-state index in [1.54, 1.807) is 37.4 Å². The SMILES string of the molecule is COc1cc(C)c(-c2nc3ccccc3c(=O)n2N=Cc2cc(Cl)cc([N+](=O)[O-])c2OCc2cccc([N+](=O)[O-])c2)cc1C(C)C. The van der Waals surface area contributed by atoms with Gasteiger partial charge in [-0.2, -0.15) is 9.78 Å². The molecule has 0 N–H and O–H groups in total. The fourth-order valence-corrected chi connectivity index (χ4v) is 5.22. The van der Waals surface area contributed by atoms with Crippen LogP contribution in [0.1, 0.15) is 42.0 Å². The second kappa shape index (κ2) is 13.2. The maximum atomic E-state index is 13.9. The van der Waals surface area contributed by atoms with E-state index >= 15 is 0 Å². The van der Waals surface area contributed by atoms with E-state index in [9.17, 15) is 25.0 Å². The molecule has 0 aliphatic rings. The van der Waals surface area contributed by atoms with Crippen molar-refractivity contribution in [1.82, 2.24) is 9.66 Å². The van der Waals surface area contributed by atoms with Crippen LogP contribution >= 0.6 is 11.6 Å². The number of ether oxygens (including phenoxy) is 2. The summed E-state index contributed by atoms with van der Waals surface area (Å²) in [6.07, 6.45) is 1.24. The first-order valence-electron chi connectivity index (χ1n) is 14.1. The number of benzene rings is 4. The lowest BCUT2D eigenvalue weighted by atomic mass is 9.96. The average Bonchev–Trinajstić information content (AvgIpc) is 3.03. The Hall–Kier alpha value is -5.62. The minimum Gasteiger partial charge on any atom is -0.496 e. The molecule has 46 heavy (non-hydrogen) atoms. The zero-order chi connectivity index (χ0) is 33.1. The first kappa shape index (κ1) is 31.8. The molecule has 0 radical (unpaired) electrons. The molecule has 0 aliphatic heterocycles. The number of halogens is 1. The fraction of sp³-hybridized carbons (Fsp3) is 0.182. The molecule has 0 bridgehead atoms. The highest BCUT2D eigenvalue weighted by Gasteiger charge is 2.22. The molecule has 0 saturated heterocycles. The van der Waals surface area contributed by atoms with Crippen molar-refractivity contribution in [1.29, 1.82) is 0 Å². The van der Waals surface area contributed by atoms with E-state index in [1.165, 1.54) is 30.5 Å². The molecule has 1 heterocycles. The van der Waals surface area contributed by atoms with Gasteiger partial charge in [0.15, 0.2) is 5.82 Å². The van der Waals surface area contributed by atoms with E-state index < -0.39 is 21.1 Å². The van der Waals surface area contributed by atoms with Gasteiger partial charge in [-0.15, -0.1) is 0 Å². The minimum atomic E-state index is -0.657. The number of aryl methyl sites for hydroxylation is 1. The van der Waals surface area contributed by atoms with Crippen LogP contribution in [-0.4, -0.2) is 32.8 Å². The molecule has 0 aliphatic carbocycles. The number of methoxy groups -OCH3 is 1. The standard InChI is InChI=1S/C33H28ClN5O7/c1-19(2)26-16-27(20(3)12-30(26)45-4)32-36-28-11-6-5-10-25(28)33(40)37(32)35-17-22-14-23(34)15-29(39(43)44)31(22)46-18-21-8-7-9-24(13-21)38(41)42/h5-17,19H,18H2,1-4H3. The Bertz CT molecular complexity index is 2090. The van der Waals surface area contributed by atoms with Gasteiger partial charge in [-0.3, -0.25) is 25.0 Å². The maximum absolute atomic E-state index is 13.9. The van der Waals surface area contributed by atoms with Crippen LogP contribution in [-0.2, 0) is 6.61 Å². The van der Waals surface area contributed by atoms with Gasteiger partial charge in [0.2, 0.25) is 5.75 Å². The number of para-hydroxylation sites is 1. The number of nitro benzene ring substituents is 2. The Morgan fingerprint density at radius 2 is 1.78 bits per heavy atom. The van der Waals surface area contributed by atoms with E-state index in [-0.39, 0.29) is 40.4 Å². The van der Waals surface area contributed by atoms with Crippen molar-refractivity contribution >= 4 is 40.1 Å². The lowest BCUT2D eigenvalue weighted by Crippen LogP contribution is -2.21. The van der Waals surface area contributed by atoms with Gasteiger partial charge in [-0.25, -0.2) is 4.98 Å². The van der Waals surface area contributed by atoms with Crippen LogP contribution in [0.3, 0.4) is 0 Å². The van der Waals surface area contributed by atoms with Gasteiger partial charge >= 0.3 is 5.69 Å². The highest BCUT2D eigenvalue weighted by atomic mass is 35.5. The van der Waals surface area contributed by atoms with Crippen LogP contribution < -0.4 is 15.0 Å². The molecule has 13 heteroatoms. The van der Waals surface area contributed by atoms with Gasteiger partial charge in [0.1, 0.15) is 12.4 Å². The summed E-state index contributed by atoms with van der Waals surface area (Å²) in [5.41, 5.74) is 2.25. The Morgan fingerprint density at radius 1 is 1.02 bits per heavy atom. The molecular formula is C33H28ClN5O7. The van der Waals surface area contributed by atoms with Crippen LogP contribution in [0.5, 0.6) is 11.5 Å². The average molecular weight is 642 g/mol.